The molecule has 14 heavy (non-hydrogen) atoms. The third kappa shape index (κ3) is 1.48. The number of fused-ring (bicyclic) bond motifs is 1. The van der Waals surface area contributed by atoms with Crippen molar-refractivity contribution in [2.45, 2.75) is 5.50 Å². The van der Waals surface area contributed by atoms with E-state index in [1.807, 2.05) is 5.48 Å². The summed E-state index contributed by atoms with van der Waals surface area (Å²) in [6.45, 7) is 0. The molecular formula is C9H8ClFN2O. The van der Waals surface area contributed by atoms with Crippen molar-refractivity contribution < 1.29 is 9.60 Å². The van der Waals surface area contributed by atoms with Crippen LogP contribution in [0.3, 0.4) is 0 Å². The smallest absolute Gasteiger partial charge is 0.133 e. The molecule has 74 valence electrons. The van der Waals surface area contributed by atoms with Gasteiger partial charge in [0.2, 0.25) is 0 Å². The van der Waals surface area contributed by atoms with Gasteiger partial charge >= 0.3 is 0 Å². The molecule has 1 unspecified atom stereocenters. The molecule has 0 saturated carbocycles. The highest BCUT2D eigenvalue weighted by molar-refractivity contribution is 6.21. The third-order valence-corrected chi connectivity index (χ3v) is 2.39. The molecule has 3 N–H and O–H groups in total. The maximum absolute atomic E-state index is 12.9. The minimum absolute atomic E-state index is 0.333. The average Bonchev–Trinajstić information content (AvgIpc) is 2.59. The van der Waals surface area contributed by atoms with Crippen molar-refractivity contribution in [3.05, 3.63) is 35.8 Å². The molecule has 1 atom stereocenters. The summed E-state index contributed by atoms with van der Waals surface area (Å²) in [5, 5.41) is 9.30. The lowest BCUT2D eigenvalue weighted by atomic mass is 10.2. The van der Waals surface area contributed by atoms with Crippen molar-refractivity contribution in [2.24, 2.45) is 0 Å². The van der Waals surface area contributed by atoms with Gasteiger partial charge in [-0.25, -0.2) is 4.39 Å². The monoisotopic (exact) mass is 214 g/mol. The summed E-state index contributed by atoms with van der Waals surface area (Å²) in [6.07, 6.45) is 1.63. The number of nitrogens with one attached hydrogen (secondary N) is 2. The SMILES string of the molecule is ONC(Cl)c1c[nH]c2ccc(F)cc12. The maximum Gasteiger partial charge on any atom is 0.133 e. The fourth-order valence-electron chi connectivity index (χ4n) is 1.39. The van der Waals surface area contributed by atoms with E-state index < -0.39 is 5.50 Å². The number of alkyl halides is 1. The quantitative estimate of drug-likeness (QED) is 0.409. The topological polar surface area (TPSA) is 48.0 Å². The molecule has 1 heterocycles. The molecule has 3 nitrogen and oxygen atoms in total. The van der Waals surface area contributed by atoms with Gasteiger partial charge < -0.3 is 10.2 Å². The second-order valence-corrected chi connectivity index (χ2v) is 3.36. The van der Waals surface area contributed by atoms with Gasteiger partial charge in [-0.1, -0.05) is 11.6 Å². The van der Waals surface area contributed by atoms with Crippen molar-refractivity contribution in [3.8, 4) is 0 Å². The number of benzene rings is 1. The van der Waals surface area contributed by atoms with Crippen LogP contribution in [0.1, 0.15) is 11.1 Å². The first kappa shape index (κ1) is 9.45. The molecule has 0 spiro atoms. The Morgan fingerprint density at radius 1 is 1.50 bits per heavy atom. The normalized spacial score (nSPS) is 13.4. The third-order valence-electron chi connectivity index (χ3n) is 2.06. The fraction of sp³-hybridized carbons (Fsp3) is 0.111. The summed E-state index contributed by atoms with van der Waals surface area (Å²) < 4.78 is 12.9. The van der Waals surface area contributed by atoms with Crippen LogP contribution < -0.4 is 5.48 Å². The molecule has 0 amide bonds. The Morgan fingerprint density at radius 2 is 2.29 bits per heavy atom. The number of halogens is 2. The molecule has 2 rings (SSSR count). The van der Waals surface area contributed by atoms with Crippen LogP contribution >= 0.6 is 11.6 Å². The zero-order valence-corrected chi connectivity index (χ0v) is 7.85. The van der Waals surface area contributed by atoms with E-state index in [1.54, 1.807) is 12.3 Å². The van der Waals surface area contributed by atoms with Crippen LogP contribution in [0.5, 0.6) is 0 Å². The zero-order chi connectivity index (χ0) is 10.1. The number of hydroxylamine groups is 1. The number of hydrogen-bond donors (Lipinski definition) is 3. The lowest BCUT2D eigenvalue weighted by Crippen LogP contribution is -2.10. The highest BCUT2D eigenvalue weighted by atomic mass is 35.5. The summed E-state index contributed by atoms with van der Waals surface area (Å²) in [4.78, 5) is 2.93. The van der Waals surface area contributed by atoms with E-state index in [4.69, 9.17) is 16.8 Å². The predicted octanol–water partition coefficient (Wildman–Crippen LogP) is 2.52. The number of aromatic nitrogens is 1. The van der Waals surface area contributed by atoms with Gasteiger partial charge in [-0.2, -0.15) is 5.48 Å². The van der Waals surface area contributed by atoms with Gasteiger partial charge in [-0.15, -0.1) is 0 Å². The van der Waals surface area contributed by atoms with Crippen molar-refractivity contribution >= 4 is 22.5 Å². The molecule has 0 fully saturated rings. The first-order valence-corrected chi connectivity index (χ1v) is 4.46. The predicted molar refractivity (Wildman–Crippen MR) is 51.8 cm³/mol. The van der Waals surface area contributed by atoms with Crippen LogP contribution in [-0.4, -0.2) is 10.2 Å². The lowest BCUT2D eigenvalue weighted by molar-refractivity contribution is 0.155. The van der Waals surface area contributed by atoms with Crippen molar-refractivity contribution in [1.29, 1.82) is 0 Å². The Bertz CT molecular complexity index is 457. The maximum atomic E-state index is 12.9. The van der Waals surface area contributed by atoms with E-state index in [1.165, 1.54) is 12.1 Å². The average molecular weight is 215 g/mol. The molecule has 0 bridgehead atoms. The van der Waals surface area contributed by atoms with E-state index >= 15 is 0 Å². The summed E-state index contributed by atoms with van der Waals surface area (Å²) in [6, 6.07) is 4.35. The number of hydrogen-bond acceptors (Lipinski definition) is 2. The summed E-state index contributed by atoms with van der Waals surface area (Å²) in [5.74, 6) is -0.333. The molecule has 2 aromatic rings. The molecule has 0 aliphatic carbocycles. The summed E-state index contributed by atoms with van der Waals surface area (Å²) >= 11 is 5.76. The van der Waals surface area contributed by atoms with E-state index in [0.717, 1.165) is 5.52 Å². The van der Waals surface area contributed by atoms with Gasteiger partial charge in [-0.3, -0.25) is 0 Å². The van der Waals surface area contributed by atoms with Gasteiger partial charge in [0.05, 0.1) is 0 Å². The van der Waals surface area contributed by atoms with Crippen LogP contribution in [0.25, 0.3) is 10.9 Å². The highest BCUT2D eigenvalue weighted by Gasteiger charge is 2.12. The van der Waals surface area contributed by atoms with Crippen molar-refractivity contribution in [2.75, 3.05) is 0 Å². The van der Waals surface area contributed by atoms with Gasteiger partial charge in [-0.05, 0) is 18.2 Å². The van der Waals surface area contributed by atoms with E-state index in [9.17, 15) is 4.39 Å². The number of aromatic amines is 1. The molecule has 5 heteroatoms. The van der Waals surface area contributed by atoms with E-state index in [0.29, 0.717) is 10.9 Å². The van der Waals surface area contributed by atoms with Gasteiger partial charge in [0.15, 0.2) is 0 Å². The largest absolute Gasteiger partial charge is 0.361 e. The molecular weight excluding hydrogens is 207 g/mol. The minimum Gasteiger partial charge on any atom is -0.361 e. The van der Waals surface area contributed by atoms with Crippen molar-refractivity contribution in [1.82, 2.24) is 10.5 Å². The van der Waals surface area contributed by atoms with Gasteiger partial charge in [0.1, 0.15) is 11.3 Å². The van der Waals surface area contributed by atoms with Crippen LogP contribution in [0.2, 0.25) is 0 Å². The molecule has 0 radical (unpaired) electrons. The Hall–Kier alpha value is -1.10. The fourth-order valence-corrected chi connectivity index (χ4v) is 1.57. The lowest BCUT2D eigenvalue weighted by Gasteiger charge is -2.04. The van der Waals surface area contributed by atoms with Crippen LogP contribution in [-0.2, 0) is 0 Å². The minimum atomic E-state index is -0.745. The zero-order valence-electron chi connectivity index (χ0n) is 7.09. The van der Waals surface area contributed by atoms with Crippen LogP contribution in [0, 0.1) is 5.82 Å². The first-order chi connectivity index (χ1) is 6.72. The van der Waals surface area contributed by atoms with Crippen LogP contribution in [0.15, 0.2) is 24.4 Å². The highest BCUT2D eigenvalue weighted by Crippen LogP contribution is 2.26. The Morgan fingerprint density at radius 3 is 3.00 bits per heavy atom. The van der Waals surface area contributed by atoms with E-state index in [2.05, 4.69) is 4.98 Å². The first-order valence-electron chi connectivity index (χ1n) is 4.02. The van der Waals surface area contributed by atoms with Crippen molar-refractivity contribution in [3.63, 3.8) is 0 Å². The molecule has 0 aliphatic heterocycles. The number of rotatable bonds is 2. The Labute approximate surface area is 84.5 Å². The Balaban J connectivity index is 2.61. The van der Waals surface area contributed by atoms with Crippen LogP contribution in [0.4, 0.5) is 4.39 Å². The molecule has 0 aliphatic rings. The van der Waals surface area contributed by atoms with Gasteiger partial charge in [0, 0.05) is 22.7 Å². The molecule has 1 aromatic carbocycles. The second-order valence-electron chi connectivity index (χ2n) is 2.93. The Kier molecular flexibility index (Phi) is 2.41. The standard InChI is InChI=1S/C9H8ClFN2O/c10-9(13-14)7-4-12-8-2-1-5(11)3-6(7)8/h1-4,9,12-14H. The summed E-state index contributed by atoms with van der Waals surface area (Å²) in [7, 11) is 0. The van der Waals surface area contributed by atoms with E-state index in [-0.39, 0.29) is 5.82 Å². The molecule has 0 saturated heterocycles. The second kappa shape index (κ2) is 3.57. The summed E-state index contributed by atoms with van der Waals surface area (Å²) in [5.41, 5.74) is 2.55. The molecule has 1 aromatic heterocycles. The van der Waals surface area contributed by atoms with Gasteiger partial charge in [0.25, 0.3) is 0 Å². The number of H-pyrrole nitrogens is 1.